The lowest BCUT2D eigenvalue weighted by Crippen LogP contribution is -2.32. The maximum atomic E-state index is 11.0. The third kappa shape index (κ3) is 61.9. The van der Waals surface area contributed by atoms with Crippen molar-refractivity contribution in [1.82, 2.24) is 0 Å². The molecule has 0 heterocycles. The third-order valence-electron chi connectivity index (χ3n) is 16.1. The lowest BCUT2D eigenvalue weighted by atomic mass is 9.71. The number of Topliss-reactive ketones (excluding diaryl/α,β-unsaturated/α-hetero) is 1. The van der Waals surface area contributed by atoms with Gasteiger partial charge < -0.3 is 33.2 Å². The lowest BCUT2D eigenvalue weighted by molar-refractivity contribution is -0.152. The van der Waals surface area contributed by atoms with Gasteiger partial charge in [-0.1, -0.05) is 361 Å². The van der Waals surface area contributed by atoms with Crippen LogP contribution in [0.25, 0.3) is 11.1 Å². The van der Waals surface area contributed by atoms with E-state index in [1.165, 1.54) is 105 Å². The summed E-state index contributed by atoms with van der Waals surface area (Å²) in [5.74, 6) is 0.139. The van der Waals surface area contributed by atoms with Crippen LogP contribution < -0.4 is 4.74 Å². The number of esters is 5. The zero-order valence-electron chi connectivity index (χ0n) is 76.6. The van der Waals surface area contributed by atoms with Crippen molar-refractivity contribution in [2.24, 2.45) is 5.41 Å². The van der Waals surface area contributed by atoms with Gasteiger partial charge in [0.05, 0.1) is 13.7 Å². The molecule has 0 aromatic heterocycles. The van der Waals surface area contributed by atoms with E-state index in [0.717, 1.165) is 36.6 Å². The second-order valence-corrected chi connectivity index (χ2v) is 44.2. The fourth-order valence-electron chi connectivity index (χ4n) is 8.90. The number of methoxy groups -OCH3 is 1. The predicted molar refractivity (Wildman–Crippen MR) is 502 cm³/mol. The number of ether oxygens (including phenoxy) is 6. The third-order valence-corrected chi connectivity index (χ3v) is 22.3. The Morgan fingerprint density at radius 2 is 0.716 bits per heavy atom. The minimum absolute atomic E-state index is 0. The van der Waals surface area contributed by atoms with Crippen LogP contribution in [0.3, 0.4) is 0 Å². The normalized spacial score (nSPS) is 10.4. The SMILES string of the molecule is C.C=CCC.C=CCOC(C)=O.CC.CC(=O)OC(C)(C)C.CC(=O)OCC1c2ccccc2-c2ccccc21.CC(=O)OCC[Si](C)(C)C.CC(=O)OCc1ccccc1.CC(C)(C)C.CC(C)(C)[Si](C)(C)C.CC(C)=O.CC(c1ccccc1)(c1ccccc1)c1ccccc1.CCc1ccc(OC)cc1.CCc1ccccc1. The van der Waals surface area contributed by atoms with E-state index < -0.39 is 16.1 Å². The Hall–Kier alpha value is -9.51. The molecule has 0 bridgehead atoms. The lowest BCUT2D eigenvalue weighted by Gasteiger charge is -2.32. The molecule has 0 aliphatic heterocycles. The molecular weight excluding hydrogens is 1470 g/mol. The van der Waals surface area contributed by atoms with Crippen molar-refractivity contribution >= 4 is 51.8 Å². The molecule has 14 heteroatoms. The molecule has 0 radical (unpaired) electrons. The van der Waals surface area contributed by atoms with Gasteiger partial charge in [-0.15, -0.1) is 6.58 Å². The molecular formula is C102H154O12Si2. The smallest absolute Gasteiger partial charge is 0.303 e. The summed E-state index contributed by atoms with van der Waals surface area (Å²) in [4.78, 5) is 61.3. The summed E-state index contributed by atoms with van der Waals surface area (Å²) in [7, 11) is -0.179. The van der Waals surface area contributed by atoms with Crippen LogP contribution in [0.15, 0.2) is 250 Å². The van der Waals surface area contributed by atoms with Crippen LogP contribution in [0.5, 0.6) is 5.75 Å². The maximum absolute atomic E-state index is 11.0. The van der Waals surface area contributed by atoms with Gasteiger partial charge in [0.1, 0.15) is 37.0 Å². The highest BCUT2D eigenvalue weighted by Crippen LogP contribution is 2.45. The van der Waals surface area contributed by atoms with Crippen LogP contribution in [0.4, 0.5) is 0 Å². The minimum atomic E-state index is -1.00. The standard InChI is InChI=1S/C20H18.C16H14O2.C9H10O2.C9H12O.C8H10.C7H16O2Si.C7H18Si.C6H12O2.C5H8O2.C5H12.C4H8.C3H6O.C2H6.CH4/c1-20(17-11-5-2-6-12-17,18-13-7-3-8-14-18)19-15-9-4-10-16-19;1-11(17)18-10-16-14-8-4-2-6-12(14)13-7-3-5-9-15(13)16;1-8(10)11-7-9-5-3-2-4-6-9;1-3-8-4-6-9(10-2)7-5-8;1-2-8-6-4-3-5-7-8;1-7(8)9-5-6-10(2,3)4;1-7(2,3)8(4,5)6;1-5(7)8-6(2,3)4;1-3-4-7-5(2)6;1-5(2,3)4;1-3-4-2;1-3(2)4;1-2;/h2-16H,1H3;2-9,16H,10H2,1H3;2-6H,7H2,1H3;4-7H,3H2,1-2H3;3-7H,2H2,1H3;5-6H2,1-4H3;1-6H3;1-4H3;3H,1,4H2,2H3;1-4H3;3H,1,4H2,2H3;1-2H3;1-2H3;1H4. The number of carbonyl (C=O) groups excluding carboxylic acids is 6. The molecule has 12 nitrogen and oxygen atoms in total. The average Bonchev–Trinajstić information content (AvgIpc) is 0.889. The first-order valence-corrected chi connectivity index (χ1v) is 47.4. The molecule has 0 N–H and O–H groups in total. The summed E-state index contributed by atoms with van der Waals surface area (Å²) in [6.45, 7) is 66.6. The summed E-state index contributed by atoms with van der Waals surface area (Å²) in [5.41, 5.74) is 12.8. The molecule has 8 aromatic carbocycles. The monoisotopic (exact) mass is 1630 g/mol. The van der Waals surface area contributed by atoms with Crippen molar-refractivity contribution in [3.05, 3.63) is 294 Å². The van der Waals surface area contributed by atoms with Gasteiger partial charge in [0, 0.05) is 62.1 Å². The highest BCUT2D eigenvalue weighted by molar-refractivity contribution is 6.78. The number of carbonyl (C=O) groups is 6. The van der Waals surface area contributed by atoms with Crippen LogP contribution >= 0.6 is 0 Å². The van der Waals surface area contributed by atoms with Crippen LogP contribution in [-0.2, 0) is 77.3 Å². The maximum Gasteiger partial charge on any atom is 0.303 e. The van der Waals surface area contributed by atoms with Crippen LogP contribution in [-0.4, -0.2) is 84.3 Å². The second-order valence-electron chi connectivity index (χ2n) is 32.6. The molecule has 116 heavy (non-hydrogen) atoms. The van der Waals surface area contributed by atoms with Crippen molar-refractivity contribution < 1.29 is 57.2 Å². The Bertz CT molecular complexity index is 3650. The van der Waals surface area contributed by atoms with E-state index in [1.54, 1.807) is 7.11 Å². The summed E-state index contributed by atoms with van der Waals surface area (Å²) in [6, 6.07) is 78.0. The van der Waals surface area contributed by atoms with Gasteiger partial charge in [0.25, 0.3) is 0 Å². The number of hydrogen-bond acceptors (Lipinski definition) is 12. The van der Waals surface area contributed by atoms with E-state index in [9.17, 15) is 28.8 Å². The van der Waals surface area contributed by atoms with Gasteiger partial charge in [-0.2, -0.15) is 0 Å². The van der Waals surface area contributed by atoms with E-state index >= 15 is 0 Å². The zero-order valence-corrected chi connectivity index (χ0v) is 78.6. The van der Waals surface area contributed by atoms with Crippen molar-refractivity contribution in [3.63, 3.8) is 0 Å². The largest absolute Gasteiger partial charge is 0.497 e. The molecule has 9 rings (SSSR count). The van der Waals surface area contributed by atoms with Gasteiger partial charge in [-0.25, -0.2) is 0 Å². The van der Waals surface area contributed by atoms with Crippen molar-refractivity contribution in [1.29, 1.82) is 0 Å². The summed E-state index contributed by atoms with van der Waals surface area (Å²) >= 11 is 0. The number of ketones is 1. The molecule has 0 atom stereocenters. The number of benzene rings is 8. The Labute approximate surface area is 708 Å². The Kier molecular flexibility index (Phi) is 64.1. The number of fused-ring (bicyclic) bond motifs is 3. The minimum Gasteiger partial charge on any atom is -0.497 e. The molecule has 0 amide bonds. The van der Waals surface area contributed by atoms with Gasteiger partial charge in [0.15, 0.2) is 0 Å². The molecule has 0 saturated carbocycles. The fourth-order valence-corrected chi connectivity index (χ4v) is 9.61. The Morgan fingerprint density at radius 1 is 0.414 bits per heavy atom. The highest BCUT2D eigenvalue weighted by atomic mass is 28.3. The number of allylic oxidation sites excluding steroid dienone is 1. The van der Waals surface area contributed by atoms with Gasteiger partial charge in [-0.05, 0) is 145 Å². The fraction of sp³-hybridized carbons (Fsp3) is 0.431. The highest BCUT2D eigenvalue weighted by Gasteiger charge is 2.32. The summed E-state index contributed by atoms with van der Waals surface area (Å²) in [6.07, 6.45) is 6.71. The van der Waals surface area contributed by atoms with E-state index in [-0.39, 0.29) is 60.0 Å². The zero-order chi connectivity index (χ0) is 88.9. The first-order valence-electron chi connectivity index (χ1n) is 40.2. The van der Waals surface area contributed by atoms with E-state index in [1.807, 2.05) is 113 Å². The molecule has 1 aliphatic rings. The van der Waals surface area contributed by atoms with E-state index in [0.29, 0.717) is 36.9 Å². The van der Waals surface area contributed by atoms with Crippen molar-refractivity contribution in [3.8, 4) is 16.9 Å². The number of aryl methyl sites for hydroxylation is 2. The predicted octanol–water partition coefficient (Wildman–Crippen LogP) is 27.6. The molecule has 1 aliphatic carbocycles. The average molecular weight is 1630 g/mol. The van der Waals surface area contributed by atoms with E-state index in [2.05, 4.69) is 285 Å². The second kappa shape index (κ2) is 64.6. The molecule has 8 aromatic rings. The number of hydrogen-bond donors (Lipinski definition) is 0. The van der Waals surface area contributed by atoms with Crippen molar-refractivity contribution in [2.75, 3.05) is 26.9 Å². The molecule has 0 saturated heterocycles. The number of rotatable bonds is 16. The quantitative estimate of drug-likeness (QED) is 0.0297. The molecule has 0 spiro atoms. The van der Waals surface area contributed by atoms with Crippen LogP contribution in [0.1, 0.15) is 224 Å². The van der Waals surface area contributed by atoms with Gasteiger partial charge >= 0.3 is 29.8 Å². The molecule has 0 unspecified atom stereocenters. The first kappa shape index (κ1) is 115. The topological polar surface area (TPSA) is 158 Å². The van der Waals surface area contributed by atoms with Crippen LogP contribution in [0, 0.1) is 5.41 Å². The van der Waals surface area contributed by atoms with Gasteiger partial charge in [-0.3, -0.25) is 24.0 Å². The first-order chi connectivity index (χ1) is 53.7. The summed E-state index contributed by atoms with van der Waals surface area (Å²) in [5, 5.41) is 0.576. The Balaban J connectivity index is -0.000000398. The molecule has 0 fully saturated rings. The Morgan fingerprint density at radius 3 is 0.957 bits per heavy atom. The van der Waals surface area contributed by atoms with Gasteiger partial charge in [0.2, 0.25) is 0 Å². The van der Waals surface area contributed by atoms with E-state index in [4.69, 9.17) is 23.7 Å². The summed E-state index contributed by atoms with van der Waals surface area (Å²) < 4.78 is 29.0. The van der Waals surface area contributed by atoms with Crippen molar-refractivity contribution in [2.45, 2.75) is 260 Å². The van der Waals surface area contributed by atoms with Crippen LogP contribution in [0.2, 0.25) is 50.4 Å². The molecule has 642 valence electrons.